The Kier molecular flexibility index (Phi) is 2.26. The Labute approximate surface area is 90.8 Å². The van der Waals surface area contributed by atoms with E-state index >= 15 is 0 Å². The normalized spacial score (nSPS) is 10.6. The summed E-state index contributed by atoms with van der Waals surface area (Å²) in [6.07, 6.45) is 0. The summed E-state index contributed by atoms with van der Waals surface area (Å²) >= 11 is 6.47. The van der Waals surface area contributed by atoms with Crippen molar-refractivity contribution in [3.8, 4) is 0 Å². The molecule has 1 heterocycles. The summed E-state index contributed by atoms with van der Waals surface area (Å²) in [5.41, 5.74) is 0.216. The van der Waals surface area contributed by atoms with Crippen LogP contribution < -0.4 is 5.63 Å². The van der Waals surface area contributed by atoms with Crippen LogP contribution in [-0.2, 0) is 0 Å². The minimum absolute atomic E-state index is 0.370. The van der Waals surface area contributed by atoms with E-state index in [0.717, 1.165) is 9.86 Å². The third-order valence-electron chi connectivity index (χ3n) is 1.70. The molecule has 1 aromatic heterocycles. The Morgan fingerprint density at radius 3 is 2.54 bits per heavy atom. The van der Waals surface area contributed by atoms with E-state index in [0.29, 0.717) is 10.1 Å². The van der Waals surface area contributed by atoms with Crippen LogP contribution in [0.15, 0.2) is 42.4 Å². The predicted octanol–water partition coefficient (Wildman–Crippen LogP) is 3.32. The van der Waals surface area contributed by atoms with Gasteiger partial charge in [-0.25, -0.2) is 4.79 Å². The molecule has 0 aliphatic heterocycles. The van der Waals surface area contributed by atoms with Gasteiger partial charge in [-0.3, -0.25) is 0 Å². The molecule has 0 amide bonds. The van der Waals surface area contributed by atoms with E-state index in [2.05, 4.69) is 31.9 Å². The second-order valence-corrected chi connectivity index (χ2v) is 4.10. The number of fused-ring (bicyclic) bond motifs is 1. The van der Waals surface area contributed by atoms with Crippen LogP contribution in [0.4, 0.5) is 0 Å². The van der Waals surface area contributed by atoms with Gasteiger partial charge in [0.05, 0.1) is 4.47 Å². The van der Waals surface area contributed by atoms with E-state index < -0.39 is 0 Å². The van der Waals surface area contributed by atoms with Gasteiger partial charge in [-0.1, -0.05) is 18.2 Å². The van der Waals surface area contributed by atoms with E-state index in [4.69, 9.17) is 4.42 Å². The van der Waals surface area contributed by atoms with Gasteiger partial charge in [0.1, 0.15) is 10.1 Å². The monoisotopic (exact) mass is 302 g/mol. The molecular formula is C9H4Br2O2. The fraction of sp³-hybridized carbons (Fsp3) is 0. The van der Waals surface area contributed by atoms with Crippen molar-refractivity contribution in [1.82, 2.24) is 0 Å². The summed E-state index contributed by atoms with van der Waals surface area (Å²) < 4.78 is 6.20. The molecule has 2 aromatic rings. The number of benzene rings is 1. The molecule has 0 aliphatic carbocycles. The highest BCUT2D eigenvalue weighted by Crippen LogP contribution is 2.27. The van der Waals surface area contributed by atoms with Crippen LogP contribution in [0.3, 0.4) is 0 Å². The third kappa shape index (κ3) is 1.44. The van der Waals surface area contributed by atoms with Crippen molar-refractivity contribution in [2.45, 2.75) is 0 Å². The Hall–Kier alpha value is -0.610. The quantitative estimate of drug-likeness (QED) is 0.699. The lowest BCUT2D eigenvalue weighted by atomic mass is 10.2. The van der Waals surface area contributed by atoms with Gasteiger partial charge in [-0.05, 0) is 37.9 Å². The lowest BCUT2D eigenvalue weighted by Gasteiger charge is -1.99. The van der Waals surface area contributed by atoms with Crippen LogP contribution in [0.1, 0.15) is 0 Å². The van der Waals surface area contributed by atoms with Crippen molar-refractivity contribution < 1.29 is 4.42 Å². The van der Waals surface area contributed by atoms with Gasteiger partial charge < -0.3 is 4.42 Å². The molecule has 66 valence electrons. The second kappa shape index (κ2) is 3.27. The summed E-state index contributed by atoms with van der Waals surface area (Å²) in [6.45, 7) is 0. The largest absolute Gasteiger partial charge is 0.422 e. The summed E-state index contributed by atoms with van der Waals surface area (Å²) in [4.78, 5) is 11.2. The van der Waals surface area contributed by atoms with Crippen molar-refractivity contribution in [2.24, 2.45) is 0 Å². The number of hydrogen-bond donors (Lipinski definition) is 0. The average molecular weight is 304 g/mol. The highest BCUT2D eigenvalue weighted by molar-refractivity contribution is 9.13. The van der Waals surface area contributed by atoms with Crippen LogP contribution in [-0.4, -0.2) is 0 Å². The maximum atomic E-state index is 11.2. The van der Waals surface area contributed by atoms with Gasteiger partial charge >= 0.3 is 5.63 Å². The van der Waals surface area contributed by atoms with Crippen LogP contribution in [0.2, 0.25) is 0 Å². The molecular weight excluding hydrogens is 300 g/mol. The Morgan fingerprint density at radius 2 is 1.77 bits per heavy atom. The van der Waals surface area contributed by atoms with Crippen LogP contribution >= 0.6 is 31.9 Å². The molecule has 2 rings (SSSR count). The highest BCUT2D eigenvalue weighted by atomic mass is 79.9. The molecule has 0 unspecified atom stereocenters. The lowest BCUT2D eigenvalue weighted by molar-refractivity contribution is 0.555. The lowest BCUT2D eigenvalue weighted by Crippen LogP contribution is -2.00. The maximum absolute atomic E-state index is 11.2. The summed E-state index contributed by atoms with van der Waals surface area (Å²) in [5, 5.41) is 0.883. The first-order chi connectivity index (χ1) is 6.20. The van der Waals surface area contributed by atoms with Crippen LogP contribution in [0.5, 0.6) is 0 Å². The van der Waals surface area contributed by atoms with Gasteiger partial charge in [-0.15, -0.1) is 0 Å². The molecule has 0 spiro atoms. The van der Waals surface area contributed by atoms with Crippen molar-refractivity contribution in [3.63, 3.8) is 0 Å². The van der Waals surface area contributed by atoms with Crippen LogP contribution in [0, 0.1) is 0 Å². The van der Waals surface area contributed by atoms with Crippen molar-refractivity contribution in [1.29, 1.82) is 0 Å². The highest BCUT2D eigenvalue weighted by Gasteiger charge is 2.08. The molecule has 0 aliphatic rings. The Morgan fingerprint density at radius 1 is 1.08 bits per heavy atom. The molecule has 0 radical (unpaired) electrons. The standard InChI is InChI=1S/C9H4Br2O2/c10-7-5-3-1-2-4-6(5)13-9(12)8(7)11/h1-4H. The van der Waals surface area contributed by atoms with Crippen molar-refractivity contribution in [3.05, 3.63) is 43.6 Å². The van der Waals surface area contributed by atoms with Gasteiger partial charge in [-0.2, -0.15) is 0 Å². The van der Waals surface area contributed by atoms with Crippen molar-refractivity contribution >= 4 is 42.8 Å². The molecule has 13 heavy (non-hydrogen) atoms. The zero-order valence-corrected chi connectivity index (χ0v) is 9.55. The molecule has 0 fully saturated rings. The second-order valence-electron chi connectivity index (χ2n) is 2.51. The number of halogens is 2. The smallest absolute Gasteiger partial charge is 0.351 e. The zero-order valence-electron chi connectivity index (χ0n) is 6.38. The zero-order chi connectivity index (χ0) is 9.42. The van der Waals surface area contributed by atoms with Gasteiger partial charge in [0.15, 0.2) is 0 Å². The Bertz CT molecular complexity index is 516. The summed E-state index contributed by atoms with van der Waals surface area (Å²) in [7, 11) is 0. The first-order valence-electron chi connectivity index (χ1n) is 3.57. The number of rotatable bonds is 0. The molecule has 0 saturated heterocycles. The van der Waals surface area contributed by atoms with Gasteiger partial charge in [0.2, 0.25) is 0 Å². The Balaban J connectivity index is 3.02. The minimum atomic E-state index is -0.370. The van der Waals surface area contributed by atoms with E-state index in [1.807, 2.05) is 18.2 Å². The van der Waals surface area contributed by atoms with E-state index in [1.165, 1.54) is 0 Å². The SMILES string of the molecule is O=c1oc2ccccc2c(Br)c1Br. The maximum Gasteiger partial charge on any atom is 0.351 e. The third-order valence-corrected chi connectivity index (χ3v) is 3.77. The number of hydrogen-bond acceptors (Lipinski definition) is 2. The molecule has 0 atom stereocenters. The molecule has 0 bridgehead atoms. The average Bonchev–Trinajstić information content (AvgIpc) is 2.15. The molecule has 2 nitrogen and oxygen atoms in total. The first kappa shape index (κ1) is 8.97. The summed E-state index contributed by atoms with van der Waals surface area (Å²) in [6, 6.07) is 7.35. The first-order valence-corrected chi connectivity index (χ1v) is 5.15. The van der Waals surface area contributed by atoms with Gasteiger partial charge in [0.25, 0.3) is 0 Å². The molecule has 0 N–H and O–H groups in total. The van der Waals surface area contributed by atoms with E-state index in [-0.39, 0.29) is 5.63 Å². The number of para-hydroxylation sites is 1. The van der Waals surface area contributed by atoms with Crippen LogP contribution in [0.25, 0.3) is 11.0 Å². The van der Waals surface area contributed by atoms with E-state index in [9.17, 15) is 4.79 Å². The summed E-state index contributed by atoms with van der Waals surface area (Å²) in [5.74, 6) is 0. The van der Waals surface area contributed by atoms with E-state index in [1.54, 1.807) is 6.07 Å². The van der Waals surface area contributed by atoms with Crippen molar-refractivity contribution in [2.75, 3.05) is 0 Å². The molecule has 0 saturated carbocycles. The fourth-order valence-corrected chi connectivity index (χ4v) is 1.87. The minimum Gasteiger partial charge on any atom is -0.422 e. The topological polar surface area (TPSA) is 30.2 Å². The van der Waals surface area contributed by atoms with Gasteiger partial charge in [0, 0.05) is 5.39 Å². The molecule has 1 aromatic carbocycles. The predicted molar refractivity (Wildman–Crippen MR) is 57.9 cm³/mol. The molecule has 4 heteroatoms. The fourth-order valence-electron chi connectivity index (χ4n) is 1.09.